The number of carbonyl (C=O) groups excluding carboxylic acids is 2. The van der Waals surface area contributed by atoms with Gasteiger partial charge < -0.3 is 10.2 Å². The Balaban J connectivity index is 1.84. The van der Waals surface area contributed by atoms with E-state index in [0.29, 0.717) is 18.5 Å². The summed E-state index contributed by atoms with van der Waals surface area (Å²) in [5.74, 6) is -0.470. The predicted molar refractivity (Wildman–Crippen MR) is 155 cm³/mol. The molecule has 0 heterocycles. The van der Waals surface area contributed by atoms with Crippen LogP contribution in [0.15, 0.2) is 83.3 Å². The van der Waals surface area contributed by atoms with Gasteiger partial charge in [0.1, 0.15) is 6.04 Å². The molecule has 1 N–H and O–H groups in total. The molecule has 0 saturated heterocycles. The number of rotatable bonds is 12. The summed E-state index contributed by atoms with van der Waals surface area (Å²) >= 11 is 3.48. The highest BCUT2D eigenvalue weighted by Gasteiger charge is 2.30. The third kappa shape index (κ3) is 8.43. The molecule has 3 aromatic carbocycles. The van der Waals surface area contributed by atoms with E-state index in [1.807, 2.05) is 79.7 Å². The van der Waals surface area contributed by atoms with Crippen LogP contribution < -0.4 is 9.62 Å². The number of halogens is 1. The first kappa shape index (κ1) is 29.4. The maximum atomic E-state index is 13.7. The Hall–Kier alpha value is -3.17. The lowest BCUT2D eigenvalue weighted by Gasteiger charge is -2.31. The van der Waals surface area contributed by atoms with Crippen LogP contribution in [0.5, 0.6) is 0 Å². The zero-order valence-corrected chi connectivity index (χ0v) is 24.3. The van der Waals surface area contributed by atoms with E-state index in [1.54, 1.807) is 18.0 Å². The zero-order chi connectivity index (χ0) is 27.7. The molecule has 1 atom stereocenters. The fourth-order valence-electron chi connectivity index (χ4n) is 4.34. The van der Waals surface area contributed by atoms with Crippen molar-refractivity contribution in [2.45, 2.75) is 38.8 Å². The van der Waals surface area contributed by atoms with E-state index in [4.69, 9.17) is 0 Å². The van der Waals surface area contributed by atoms with Gasteiger partial charge in [0, 0.05) is 37.5 Å². The number of nitrogens with one attached hydrogen (secondary N) is 1. The van der Waals surface area contributed by atoms with E-state index < -0.39 is 16.1 Å². The highest BCUT2D eigenvalue weighted by molar-refractivity contribution is 9.10. The van der Waals surface area contributed by atoms with Crippen LogP contribution in [0.1, 0.15) is 29.5 Å². The Kier molecular flexibility index (Phi) is 10.5. The second kappa shape index (κ2) is 13.6. The van der Waals surface area contributed by atoms with Gasteiger partial charge in [0.05, 0.1) is 11.9 Å². The monoisotopic (exact) mass is 599 g/mol. The van der Waals surface area contributed by atoms with Crippen LogP contribution in [0.2, 0.25) is 0 Å². The normalized spacial score (nSPS) is 12.0. The molecule has 0 aromatic heterocycles. The van der Waals surface area contributed by atoms with Gasteiger partial charge in [-0.2, -0.15) is 0 Å². The second-order valence-corrected chi connectivity index (χ2v) is 12.1. The number of hydrogen-bond acceptors (Lipinski definition) is 4. The molecule has 0 fully saturated rings. The Morgan fingerprint density at radius 3 is 2.26 bits per heavy atom. The number of likely N-dealkylation sites (N-methyl/N-ethyl adjacent to an activating group) is 1. The molecule has 0 radical (unpaired) electrons. The summed E-state index contributed by atoms with van der Waals surface area (Å²) in [7, 11) is -1.98. The summed E-state index contributed by atoms with van der Waals surface area (Å²) in [4.78, 5) is 28.3. The summed E-state index contributed by atoms with van der Waals surface area (Å²) in [5.41, 5.74) is 3.34. The van der Waals surface area contributed by atoms with Crippen LogP contribution in [0.4, 0.5) is 5.69 Å². The molecule has 3 aromatic rings. The number of nitrogens with zero attached hydrogens (tertiary/aromatic N) is 2. The topological polar surface area (TPSA) is 86.8 Å². The first-order valence-corrected chi connectivity index (χ1v) is 15.1. The van der Waals surface area contributed by atoms with Crippen molar-refractivity contribution in [3.63, 3.8) is 0 Å². The highest BCUT2D eigenvalue weighted by Crippen LogP contribution is 2.22. The first-order chi connectivity index (χ1) is 18.1. The lowest BCUT2D eigenvalue weighted by atomic mass is 10.0. The predicted octanol–water partition coefficient (Wildman–Crippen LogP) is 4.69. The molecule has 7 nitrogen and oxygen atoms in total. The second-order valence-electron chi connectivity index (χ2n) is 9.25. The molecule has 0 spiro atoms. The van der Waals surface area contributed by atoms with Crippen molar-refractivity contribution >= 4 is 43.5 Å². The third-order valence-electron chi connectivity index (χ3n) is 6.20. The largest absolute Gasteiger partial charge is 0.357 e. The van der Waals surface area contributed by atoms with E-state index in [2.05, 4.69) is 21.2 Å². The Labute approximate surface area is 234 Å². The molecule has 0 aliphatic rings. The number of sulfonamides is 1. The summed E-state index contributed by atoms with van der Waals surface area (Å²) in [6.45, 7) is 2.30. The maximum absolute atomic E-state index is 13.7. The molecule has 0 aliphatic carbocycles. The van der Waals surface area contributed by atoms with Crippen molar-refractivity contribution in [1.82, 2.24) is 10.2 Å². The van der Waals surface area contributed by atoms with Gasteiger partial charge in [-0.3, -0.25) is 13.9 Å². The number of carbonyl (C=O) groups is 2. The minimum Gasteiger partial charge on any atom is -0.357 e. The fraction of sp³-hybridized carbons (Fsp3) is 0.310. The van der Waals surface area contributed by atoms with Crippen LogP contribution >= 0.6 is 15.9 Å². The van der Waals surface area contributed by atoms with Crippen LogP contribution in [0, 0.1) is 6.92 Å². The minimum atomic E-state index is -3.54. The SMILES string of the molecule is CNC(=O)[C@@H](Cc1ccccc1)N(Cc1cccc(Br)c1)C(=O)CCCN(c1cccc(C)c1)S(C)(=O)=O. The van der Waals surface area contributed by atoms with Gasteiger partial charge >= 0.3 is 0 Å². The standard InChI is InChI=1S/C29H34BrN3O4S/c1-22-10-7-15-26(18-22)33(38(3,36)37)17-9-16-28(34)32(21-24-13-8-14-25(30)19-24)27(29(35)31-2)20-23-11-5-4-6-12-23/h4-8,10-15,18-19,27H,9,16-17,20-21H2,1-3H3,(H,31,35)/t27-/m1/s1. The van der Waals surface area contributed by atoms with Gasteiger partial charge in [0.25, 0.3) is 0 Å². The number of benzene rings is 3. The molecule has 202 valence electrons. The molecule has 0 bridgehead atoms. The zero-order valence-electron chi connectivity index (χ0n) is 21.9. The van der Waals surface area contributed by atoms with Crippen LogP contribution in [-0.4, -0.2) is 51.0 Å². The molecule has 3 rings (SSSR count). The van der Waals surface area contributed by atoms with E-state index in [1.165, 1.54) is 4.31 Å². The van der Waals surface area contributed by atoms with Gasteiger partial charge in [-0.25, -0.2) is 8.42 Å². The third-order valence-corrected chi connectivity index (χ3v) is 7.89. The van der Waals surface area contributed by atoms with Gasteiger partial charge in [-0.05, 0) is 54.3 Å². The molecule has 38 heavy (non-hydrogen) atoms. The molecule has 0 aliphatic heterocycles. The summed E-state index contributed by atoms with van der Waals surface area (Å²) < 4.78 is 27.3. The number of aryl methyl sites for hydroxylation is 1. The first-order valence-electron chi connectivity index (χ1n) is 12.4. The van der Waals surface area contributed by atoms with Gasteiger partial charge in [0.2, 0.25) is 21.8 Å². The van der Waals surface area contributed by atoms with E-state index in [9.17, 15) is 18.0 Å². The van der Waals surface area contributed by atoms with E-state index in [-0.39, 0.29) is 31.3 Å². The van der Waals surface area contributed by atoms with Gasteiger partial charge in [-0.15, -0.1) is 0 Å². The molecule has 0 saturated carbocycles. The molecular formula is C29H34BrN3O4S. The van der Waals surface area contributed by atoms with Crippen molar-refractivity contribution in [1.29, 1.82) is 0 Å². The van der Waals surface area contributed by atoms with E-state index in [0.717, 1.165) is 27.4 Å². The average molecular weight is 601 g/mol. The van der Waals surface area contributed by atoms with Crippen molar-refractivity contribution < 1.29 is 18.0 Å². The average Bonchev–Trinajstić information content (AvgIpc) is 2.88. The van der Waals surface area contributed by atoms with E-state index >= 15 is 0 Å². The summed E-state index contributed by atoms with van der Waals surface area (Å²) in [6.07, 6.45) is 1.92. The summed E-state index contributed by atoms with van der Waals surface area (Å²) in [5, 5.41) is 2.71. The molecular weight excluding hydrogens is 566 g/mol. The van der Waals surface area contributed by atoms with Crippen LogP contribution in [0.3, 0.4) is 0 Å². The fourth-order valence-corrected chi connectivity index (χ4v) is 5.74. The lowest BCUT2D eigenvalue weighted by molar-refractivity contribution is -0.141. The quantitative estimate of drug-likeness (QED) is 0.327. The molecule has 9 heteroatoms. The number of hydrogen-bond donors (Lipinski definition) is 1. The Morgan fingerprint density at radius 1 is 0.947 bits per heavy atom. The number of anilines is 1. The lowest BCUT2D eigenvalue weighted by Crippen LogP contribution is -2.49. The van der Waals surface area contributed by atoms with Gasteiger partial charge in [-0.1, -0.05) is 70.5 Å². The van der Waals surface area contributed by atoms with Crippen LogP contribution in [-0.2, 0) is 32.6 Å². The maximum Gasteiger partial charge on any atom is 0.242 e. The summed E-state index contributed by atoms with van der Waals surface area (Å²) in [6, 6.07) is 23.8. The smallest absolute Gasteiger partial charge is 0.242 e. The number of amides is 2. The molecule has 0 unspecified atom stereocenters. The highest BCUT2D eigenvalue weighted by atomic mass is 79.9. The molecule has 2 amide bonds. The van der Waals surface area contributed by atoms with Crippen molar-refractivity contribution in [3.8, 4) is 0 Å². The van der Waals surface area contributed by atoms with Crippen molar-refractivity contribution in [3.05, 3.63) is 100 Å². The Morgan fingerprint density at radius 2 is 1.63 bits per heavy atom. The Bertz CT molecular complexity index is 1350. The van der Waals surface area contributed by atoms with Crippen LogP contribution in [0.25, 0.3) is 0 Å². The van der Waals surface area contributed by atoms with Crippen molar-refractivity contribution in [2.75, 3.05) is 24.2 Å². The van der Waals surface area contributed by atoms with Crippen molar-refractivity contribution in [2.24, 2.45) is 0 Å². The van der Waals surface area contributed by atoms with Gasteiger partial charge in [0.15, 0.2) is 0 Å². The minimum absolute atomic E-state index is 0.0914.